The van der Waals surface area contributed by atoms with E-state index in [1.165, 1.54) is 22.8 Å². The molecular formula is C15H20. The second-order valence-electron chi connectivity index (χ2n) is 3.74. The summed E-state index contributed by atoms with van der Waals surface area (Å²) in [6.45, 7) is 6.43. The monoisotopic (exact) mass is 200 g/mol. The zero-order valence-electron chi connectivity index (χ0n) is 9.96. The third-order valence-corrected chi connectivity index (χ3v) is 2.22. The lowest BCUT2D eigenvalue weighted by atomic mass is 10.1. The van der Waals surface area contributed by atoms with Crippen molar-refractivity contribution >= 4 is 10.8 Å². The molecule has 0 radical (unpaired) electrons. The van der Waals surface area contributed by atoms with Gasteiger partial charge < -0.3 is 0 Å². The van der Waals surface area contributed by atoms with Crippen LogP contribution in [0.25, 0.3) is 10.8 Å². The van der Waals surface area contributed by atoms with Crippen molar-refractivity contribution < 1.29 is 0 Å². The zero-order chi connectivity index (χ0) is 11.1. The minimum atomic E-state index is 1.12. The highest BCUT2D eigenvalue weighted by Crippen LogP contribution is 2.15. The van der Waals surface area contributed by atoms with Gasteiger partial charge in [-0.05, 0) is 22.8 Å². The molecule has 0 aliphatic rings. The van der Waals surface area contributed by atoms with Crippen LogP contribution in [0.3, 0.4) is 0 Å². The predicted molar refractivity (Wildman–Crippen MR) is 69.3 cm³/mol. The summed E-state index contributed by atoms with van der Waals surface area (Å²) in [5, 5.41) is 2.67. The predicted octanol–water partition coefficient (Wildman–Crippen LogP) is 4.82. The quantitative estimate of drug-likeness (QED) is 0.619. The fraction of sp³-hybridized carbons (Fsp3) is 0.333. The molecule has 0 N–H and O–H groups in total. The van der Waals surface area contributed by atoms with Crippen molar-refractivity contribution in [3.63, 3.8) is 0 Å². The Morgan fingerprint density at radius 3 is 2.00 bits per heavy atom. The van der Waals surface area contributed by atoms with E-state index in [2.05, 4.69) is 63.2 Å². The Labute approximate surface area is 92.9 Å². The van der Waals surface area contributed by atoms with Crippen LogP contribution in [0.1, 0.15) is 32.8 Å². The number of fused-ring (bicyclic) bond motifs is 1. The van der Waals surface area contributed by atoms with Crippen LogP contribution in [0.4, 0.5) is 0 Å². The second kappa shape index (κ2) is 6.23. The third-order valence-electron chi connectivity index (χ3n) is 2.22. The maximum atomic E-state index is 2.26. The van der Waals surface area contributed by atoms with Crippen molar-refractivity contribution in [2.45, 2.75) is 33.6 Å². The molecule has 0 unspecified atom stereocenters. The van der Waals surface area contributed by atoms with E-state index in [4.69, 9.17) is 0 Å². The number of aryl methyl sites for hydroxylation is 1. The molecule has 0 nitrogen and oxygen atoms in total. The topological polar surface area (TPSA) is 0 Å². The Kier molecular flexibility index (Phi) is 4.89. The van der Waals surface area contributed by atoms with Gasteiger partial charge in [0.2, 0.25) is 0 Å². The van der Waals surface area contributed by atoms with E-state index in [9.17, 15) is 0 Å². The van der Waals surface area contributed by atoms with Crippen molar-refractivity contribution in [1.29, 1.82) is 0 Å². The first-order valence-corrected chi connectivity index (χ1v) is 5.79. The highest BCUT2D eigenvalue weighted by Gasteiger charge is 1.92. The second-order valence-corrected chi connectivity index (χ2v) is 3.74. The first-order valence-electron chi connectivity index (χ1n) is 5.79. The van der Waals surface area contributed by atoms with Crippen LogP contribution in [0.2, 0.25) is 0 Å². The number of hydrogen-bond donors (Lipinski definition) is 0. The van der Waals surface area contributed by atoms with E-state index >= 15 is 0 Å². The van der Waals surface area contributed by atoms with Gasteiger partial charge in [-0.15, -0.1) is 0 Å². The van der Waals surface area contributed by atoms with E-state index in [1.54, 1.807) is 0 Å². The lowest BCUT2D eigenvalue weighted by Crippen LogP contribution is -1.79. The van der Waals surface area contributed by atoms with Gasteiger partial charge in [-0.1, -0.05) is 69.7 Å². The van der Waals surface area contributed by atoms with Crippen LogP contribution in [0.15, 0.2) is 42.5 Å². The molecule has 0 amide bonds. The summed E-state index contributed by atoms with van der Waals surface area (Å²) in [7, 11) is 0. The fourth-order valence-corrected chi connectivity index (χ4v) is 1.46. The molecule has 0 bridgehead atoms. The molecular weight excluding hydrogens is 180 g/mol. The molecule has 0 atom stereocenters. The largest absolute Gasteiger partial charge is 0.0656 e. The molecule has 0 heteroatoms. The average Bonchev–Trinajstić information content (AvgIpc) is 2.29. The van der Waals surface area contributed by atoms with Gasteiger partial charge in [0.25, 0.3) is 0 Å². The van der Waals surface area contributed by atoms with Crippen LogP contribution in [-0.4, -0.2) is 0 Å². The van der Waals surface area contributed by atoms with Crippen LogP contribution >= 0.6 is 0 Å². The molecule has 0 aliphatic heterocycles. The lowest BCUT2D eigenvalue weighted by molar-refractivity contribution is 1.09. The van der Waals surface area contributed by atoms with E-state index in [0.29, 0.717) is 0 Å². The maximum Gasteiger partial charge on any atom is -0.0181 e. The molecule has 0 saturated heterocycles. The molecule has 0 aliphatic carbocycles. The molecule has 2 aromatic rings. The summed E-state index contributed by atoms with van der Waals surface area (Å²) in [6, 6.07) is 15.1. The van der Waals surface area contributed by atoms with Crippen molar-refractivity contribution in [3.8, 4) is 0 Å². The standard InChI is InChI=1S/C12H12.C3H8/c1-2-10-7-8-11-5-3-4-6-12(11)9-10;1-3-2/h3-9H,2H2,1H3;3H2,1-2H3. The summed E-state index contributed by atoms with van der Waals surface area (Å²) in [5.41, 5.74) is 1.41. The SMILES string of the molecule is CCC.CCc1ccc2ccccc2c1. The Hall–Kier alpha value is -1.30. The summed E-state index contributed by atoms with van der Waals surface area (Å²) in [4.78, 5) is 0. The summed E-state index contributed by atoms with van der Waals surface area (Å²) < 4.78 is 0. The van der Waals surface area contributed by atoms with Crippen molar-refractivity contribution in [1.82, 2.24) is 0 Å². The molecule has 0 spiro atoms. The molecule has 0 saturated carbocycles. The van der Waals surface area contributed by atoms with Gasteiger partial charge in [0.15, 0.2) is 0 Å². The van der Waals surface area contributed by atoms with Gasteiger partial charge in [-0.3, -0.25) is 0 Å². The van der Waals surface area contributed by atoms with Gasteiger partial charge in [-0.25, -0.2) is 0 Å². The normalized spacial score (nSPS) is 9.53. The molecule has 15 heavy (non-hydrogen) atoms. The molecule has 2 rings (SSSR count). The van der Waals surface area contributed by atoms with E-state index in [-0.39, 0.29) is 0 Å². The summed E-state index contributed by atoms with van der Waals surface area (Å²) in [6.07, 6.45) is 2.37. The Balaban J connectivity index is 0.000000337. The van der Waals surface area contributed by atoms with Crippen molar-refractivity contribution in [3.05, 3.63) is 48.0 Å². The number of rotatable bonds is 1. The van der Waals surface area contributed by atoms with E-state index in [0.717, 1.165) is 6.42 Å². The van der Waals surface area contributed by atoms with Gasteiger partial charge in [-0.2, -0.15) is 0 Å². The molecule has 2 aromatic carbocycles. The summed E-state index contributed by atoms with van der Waals surface area (Å²) in [5.74, 6) is 0. The number of hydrogen-bond acceptors (Lipinski definition) is 0. The van der Waals surface area contributed by atoms with E-state index in [1.807, 2.05) is 0 Å². The Morgan fingerprint density at radius 2 is 1.40 bits per heavy atom. The minimum absolute atomic E-state index is 1.12. The van der Waals surface area contributed by atoms with Gasteiger partial charge in [0, 0.05) is 0 Å². The highest BCUT2D eigenvalue weighted by atomic mass is 14.0. The number of benzene rings is 2. The van der Waals surface area contributed by atoms with Crippen LogP contribution in [0.5, 0.6) is 0 Å². The van der Waals surface area contributed by atoms with E-state index < -0.39 is 0 Å². The smallest absolute Gasteiger partial charge is 0.0181 e. The van der Waals surface area contributed by atoms with Gasteiger partial charge in [0.05, 0.1) is 0 Å². The molecule has 80 valence electrons. The fourth-order valence-electron chi connectivity index (χ4n) is 1.46. The van der Waals surface area contributed by atoms with Crippen LogP contribution < -0.4 is 0 Å². The lowest BCUT2D eigenvalue weighted by Gasteiger charge is -1.99. The zero-order valence-corrected chi connectivity index (χ0v) is 9.96. The first kappa shape index (κ1) is 11.8. The van der Waals surface area contributed by atoms with Crippen molar-refractivity contribution in [2.24, 2.45) is 0 Å². The maximum absolute atomic E-state index is 2.26. The molecule has 0 aromatic heterocycles. The van der Waals surface area contributed by atoms with Gasteiger partial charge in [0.1, 0.15) is 0 Å². The minimum Gasteiger partial charge on any atom is -0.0656 e. The summed E-state index contributed by atoms with van der Waals surface area (Å²) >= 11 is 0. The Morgan fingerprint density at radius 1 is 0.800 bits per heavy atom. The third kappa shape index (κ3) is 3.39. The average molecular weight is 200 g/mol. The first-order chi connectivity index (χ1) is 7.31. The van der Waals surface area contributed by atoms with Crippen LogP contribution in [-0.2, 0) is 6.42 Å². The van der Waals surface area contributed by atoms with Crippen molar-refractivity contribution in [2.75, 3.05) is 0 Å². The molecule has 0 fully saturated rings. The molecule has 0 heterocycles. The van der Waals surface area contributed by atoms with Gasteiger partial charge >= 0.3 is 0 Å². The highest BCUT2D eigenvalue weighted by molar-refractivity contribution is 5.82. The Bertz CT molecular complexity index is 401. The van der Waals surface area contributed by atoms with Crippen LogP contribution in [0, 0.1) is 0 Å².